The standard InChI is InChI=1S/C17H27NO3/c1-4-17(19,5-2)13-18-9-10-21-16(12-18)14-7-6-8-15(11-14)20-3/h6-8,11,16,19H,4-5,9-10,12-13H2,1-3H3. The molecule has 2 rings (SSSR count). The van der Waals surface area contributed by atoms with Crippen LogP contribution in [0.1, 0.15) is 38.4 Å². The minimum absolute atomic E-state index is 0.0480. The molecule has 0 aromatic heterocycles. The van der Waals surface area contributed by atoms with Crippen LogP contribution in [0.5, 0.6) is 5.75 Å². The summed E-state index contributed by atoms with van der Waals surface area (Å²) in [6.45, 7) is 7.19. The van der Waals surface area contributed by atoms with Crippen LogP contribution >= 0.6 is 0 Å². The Hall–Kier alpha value is -1.10. The number of β-amino-alcohol motifs (C(OH)–C–C–N with tert-alkyl or cyclic N) is 1. The monoisotopic (exact) mass is 293 g/mol. The van der Waals surface area contributed by atoms with E-state index in [-0.39, 0.29) is 6.10 Å². The van der Waals surface area contributed by atoms with Crippen molar-refractivity contribution < 1.29 is 14.6 Å². The molecule has 1 N–H and O–H groups in total. The van der Waals surface area contributed by atoms with Gasteiger partial charge in [-0.15, -0.1) is 0 Å². The third-order valence-electron chi connectivity index (χ3n) is 4.45. The third-order valence-corrected chi connectivity index (χ3v) is 4.45. The zero-order valence-corrected chi connectivity index (χ0v) is 13.3. The molecule has 0 spiro atoms. The van der Waals surface area contributed by atoms with Gasteiger partial charge in [-0.25, -0.2) is 0 Å². The molecule has 1 aromatic carbocycles. The van der Waals surface area contributed by atoms with Crippen LogP contribution < -0.4 is 4.74 Å². The molecule has 4 heteroatoms. The minimum Gasteiger partial charge on any atom is -0.497 e. The second-order valence-corrected chi connectivity index (χ2v) is 5.80. The normalized spacial score (nSPS) is 20.5. The van der Waals surface area contributed by atoms with Crippen LogP contribution in [0.25, 0.3) is 0 Å². The van der Waals surface area contributed by atoms with Crippen molar-refractivity contribution in [3.63, 3.8) is 0 Å². The summed E-state index contributed by atoms with van der Waals surface area (Å²) in [4.78, 5) is 2.31. The number of morpholine rings is 1. The summed E-state index contributed by atoms with van der Waals surface area (Å²) in [5, 5.41) is 10.5. The van der Waals surface area contributed by atoms with Crippen molar-refractivity contribution in [2.24, 2.45) is 0 Å². The first-order valence-corrected chi connectivity index (χ1v) is 7.80. The van der Waals surface area contributed by atoms with E-state index in [0.717, 1.165) is 37.2 Å². The fourth-order valence-corrected chi connectivity index (χ4v) is 2.78. The van der Waals surface area contributed by atoms with E-state index in [1.165, 1.54) is 0 Å². The molecule has 0 amide bonds. The van der Waals surface area contributed by atoms with E-state index < -0.39 is 5.60 Å². The van der Waals surface area contributed by atoms with Gasteiger partial charge in [-0.3, -0.25) is 4.90 Å². The average molecular weight is 293 g/mol. The van der Waals surface area contributed by atoms with Crippen LogP contribution in [0, 0.1) is 0 Å². The van der Waals surface area contributed by atoms with Gasteiger partial charge in [0, 0.05) is 19.6 Å². The maximum absolute atomic E-state index is 10.5. The second kappa shape index (κ2) is 7.25. The number of rotatable bonds is 6. The molecular formula is C17H27NO3. The van der Waals surface area contributed by atoms with Crippen molar-refractivity contribution in [3.8, 4) is 5.75 Å². The molecule has 118 valence electrons. The topological polar surface area (TPSA) is 41.9 Å². The number of hydrogen-bond acceptors (Lipinski definition) is 4. The summed E-state index contributed by atoms with van der Waals surface area (Å²) < 4.78 is 11.2. The van der Waals surface area contributed by atoms with Crippen molar-refractivity contribution in [1.29, 1.82) is 0 Å². The van der Waals surface area contributed by atoms with Crippen LogP contribution in [-0.4, -0.2) is 49.0 Å². The van der Waals surface area contributed by atoms with Crippen LogP contribution in [0.4, 0.5) is 0 Å². The number of nitrogens with zero attached hydrogens (tertiary/aromatic N) is 1. The van der Waals surface area contributed by atoms with E-state index in [2.05, 4.69) is 11.0 Å². The SMILES string of the molecule is CCC(O)(CC)CN1CCOC(c2cccc(OC)c2)C1. The van der Waals surface area contributed by atoms with Crippen LogP contribution in [0.15, 0.2) is 24.3 Å². The van der Waals surface area contributed by atoms with E-state index in [9.17, 15) is 5.11 Å². The molecule has 0 aliphatic carbocycles. The van der Waals surface area contributed by atoms with Gasteiger partial charge >= 0.3 is 0 Å². The van der Waals surface area contributed by atoms with Gasteiger partial charge in [0.05, 0.1) is 25.4 Å². The average Bonchev–Trinajstić information content (AvgIpc) is 2.55. The lowest BCUT2D eigenvalue weighted by molar-refractivity contribution is -0.0681. The Balaban J connectivity index is 2.03. The number of benzene rings is 1. The zero-order valence-electron chi connectivity index (χ0n) is 13.3. The van der Waals surface area contributed by atoms with Crippen LogP contribution in [-0.2, 0) is 4.74 Å². The van der Waals surface area contributed by atoms with Gasteiger partial charge in [0.25, 0.3) is 0 Å². The fourth-order valence-electron chi connectivity index (χ4n) is 2.78. The maximum Gasteiger partial charge on any atom is 0.119 e. The lowest BCUT2D eigenvalue weighted by Crippen LogP contribution is -2.47. The van der Waals surface area contributed by atoms with Crippen molar-refractivity contribution >= 4 is 0 Å². The number of methoxy groups -OCH3 is 1. The first-order chi connectivity index (χ1) is 10.1. The summed E-state index contributed by atoms with van der Waals surface area (Å²) in [7, 11) is 1.68. The molecule has 21 heavy (non-hydrogen) atoms. The smallest absolute Gasteiger partial charge is 0.119 e. The van der Waals surface area contributed by atoms with Gasteiger partial charge in [-0.05, 0) is 30.5 Å². The fraction of sp³-hybridized carbons (Fsp3) is 0.647. The lowest BCUT2D eigenvalue weighted by atomic mass is 9.96. The minimum atomic E-state index is -0.587. The van der Waals surface area contributed by atoms with Gasteiger partial charge in [0.15, 0.2) is 0 Å². The van der Waals surface area contributed by atoms with Crippen LogP contribution in [0.3, 0.4) is 0 Å². The Morgan fingerprint density at radius 1 is 1.38 bits per heavy atom. The largest absolute Gasteiger partial charge is 0.497 e. The van der Waals surface area contributed by atoms with E-state index in [4.69, 9.17) is 9.47 Å². The van der Waals surface area contributed by atoms with Crippen molar-refractivity contribution in [3.05, 3.63) is 29.8 Å². The molecule has 1 aromatic rings. The highest BCUT2D eigenvalue weighted by Gasteiger charge is 2.29. The highest BCUT2D eigenvalue weighted by atomic mass is 16.5. The third kappa shape index (κ3) is 4.19. The number of ether oxygens (including phenoxy) is 2. The Morgan fingerprint density at radius 3 is 2.81 bits per heavy atom. The van der Waals surface area contributed by atoms with Crippen LogP contribution in [0.2, 0.25) is 0 Å². The lowest BCUT2D eigenvalue weighted by Gasteiger charge is -2.38. The Labute approximate surface area is 127 Å². The Bertz CT molecular complexity index is 445. The van der Waals surface area contributed by atoms with Gasteiger partial charge in [-0.2, -0.15) is 0 Å². The molecule has 0 saturated carbocycles. The predicted octanol–water partition coefficient (Wildman–Crippen LogP) is 2.62. The zero-order chi connectivity index (χ0) is 15.3. The molecule has 1 atom stereocenters. The predicted molar refractivity (Wildman–Crippen MR) is 83.7 cm³/mol. The molecule has 0 radical (unpaired) electrons. The molecule has 1 saturated heterocycles. The Kier molecular flexibility index (Phi) is 5.62. The van der Waals surface area contributed by atoms with E-state index in [0.29, 0.717) is 13.2 Å². The molecule has 1 aliphatic heterocycles. The summed E-state index contributed by atoms with van der Waals surface area (Å²) in [5.41, 5.74) is 0.548. The maximum atomic E-state index is 10.5. The van der Waals surface area contributed by atoms with Gasteiger partial charge in [0.2, 0.25) is 0 Å². The molecule has 0 bridgehead atoms. The molecule has 1 aliphatic rings. The number of aliphatic hydroxyl groups is 1. The van der Waals surface area contributed by atoms with E-state index in [1.54, 1.807) is 7.11 Å². The van der Waals surface area contributed by atoms with Crippen molar-refractivity contribution in [2.75, 3.05) is 33.4 Å². The summed E-state index contributed by atoms with van der Waals surface area (Å²) >= 11 is 0. The summed E-state index contributed by atoms with van der Waals surface area (Å²) in [6, 6.07) is 8.03. The molecule has 4 nitrogen and oxygen atoms in total. The summed E-state index contributed by atoms with van der Waals surface area (Å²) in [6.07, 6.45) is 1.61. The first-order valence-electron chi connectivity index (χ1n) is 7.80. The molecular weight excluding hydrogens is 266 g/mol. The number of hydrogen-bond donors (Lipinski definition) is 1. The quantitative estimate of drug-likeness (QED) is 0.875. The van der Waals surface area contributed by atoms with Crippen molar-refractivity contribution in [1.82, 2.24) is 4.90 Å². The van der Waals surface area contributed by atoms with Gasteiger partial charge < -0.3 is 14.6 Å². The Morgan fingerprint density at radius 2 is 2.14 bits per heavy atom. The highest BCUT2D eigenvalue weighted by molar-refractivity contribution is 5.30. The highest BCUT2D eigenvalue weighted by Crippen LogP contribution is 2.27. The summed E-state index contributed by atoms with van der Waals surface area (Å²) in [5.74, 6) is 0.854. The van der Waals surface area contributed by atoms with E-state index in [1.807, 2.05) is 32.0 Å². The van der Waals surface area contributed by atoms with E-state index >= 15 is 0 Å². The molecule has 1 fully saturated rings. The molecule has 1 unspecified atom stereocenters. The second-order valence-electron chi connectivity index (χ2n) is 5.80. The molecule has 1 heterocycles. The van der Waals surface area contributed by atoms with Gasteiger partial charge in [0.1, 0.15) is 5.75 Å². The first kappa shape index (κ1) is 16.3. The van der Waals surface area contributed by atoms with Gasteiger partial charge in [-0.1, -0.05) is 26.0 Å². The van der Waals surface area contributed by atoms with Crippen molar-refractivity contribution in [2.45, 2.75) is 38.4 Å².